The molecule has 2 saturated heterocycles. The van der Waals surface area contributed by atoms with E-state index in [1.54, 1.807) is 0 Å². The molecule has 0 amide bonds. The van der Waals surface area contributed by atoms with Crippen molar-refractivity contribution in [3.63, 3.8) is 0 Å². The van der Waals surface area contributed by atoms with Crippen LogP contribution in [0.1, 0.15) is 32.6 Å². The van der Waals surface area contributed by atoms with Crippen LogP contribution in [-0.4, -0.2) is 59.0 Å². The van der Waals surface area contributed by atoms with Crippen LogP contribution in [0.2, 0.25) is 0 Å². The quantitative estimate of drug-likeness (QED) is 0.617. The second-order valence-electron chi connectivity index (χ2n) is 5.19. The highest BCUT2D eigenvalue weighted by Gasteiger charge is 2.35. The minimum absolute atomic E-state index is 0.131. The van der Waals surface area contributed by atoms with Crippen molar-refractivity contribution >= 4 is 0 Å². The van der Waals surface area contributed by atoms with Crippen LogP contribution in [0, 0.1) is 0 Å². The van der Waals surface area contributed by atoms with Crippen LogP contribution in [0.25, 0.3) is 0 Å². The van der Waals surface area contributed by atoms with Crippen molar-refractivity contribution in [1.82, 2.24) is 10.2 Å². The number of nitrogens with zero attached hydrogens (tertiary/aromatic N) is 1. The van der Waals surface area contributed by atoms with Crippen LogP contribution in [0.5, 0.6) is 0 Å². The second-order valence-corrected chi connectivity index (χ2v) is 5.19. The van der Waals surface area contributed by atoms with E-state index in [1.165, 1.54) is 25.7 Å². The molecule has 0 aromatic rings. The van der Waals surface area contributed by atoms with Crippen LogP contribution in [0.15, 0.2) is 0 Å². The zero-order valence-electron chi connectivity index (χ0n) is 10.1. The van der Waals surface area contributed by atoms with Gasteiger partial charge in [-0.25, -0.2) is 0 Å². The van der Waals surface area contributed by atoms with Crippen molar-refractivity contribution in [1.29, 1.82) is 0 Å². The number of aliphatic hydroxyl groups excluding tert-OH is 2. The fourth-order valence-electron chi connectivity index (χ4n) is 3.19. The number of fused-ring (bicyclic) bond motifs is 2. The molecule has 4 nitrogen and oxygen atoms in total. The summed E-state index contributed by atoms with van der Waals surface area (Å²) in [5.74, 6) is 0. The second kappa shape index (κ2) is 5.45. The summed E-state index contributed by atoms with van der Waals surface area (Å²) in [6.07, 6.45) is 4.42. The smallest absolute Gasteiger partial charge is 0.0897 e. The van der Waals surface area contributed by atoms with Crippen LogP contribution in [0.3, 0.4) is 0 Å². The molecule has 16 heavy (non-hydrogen) atoms. The Hall–Kier alpha value is -0.160. The molecule has 2 aliphatic heterocycles. The molecule has 3 N–H and O–H groups in total. The number of hydrogen-bond acceptors (Lipinski definition) is 4. The monoisotopic (exact) mass is 228 g/mol. The first kappa shape index (κ1) is 12.3. The van der Waals surface area contributed by atoms with Gasteiger partial charge in [-0.2, -0.15) is 0 Å². The van der Waals surface area contributed by atoms with E-state index < -0.39 is 6.10 Å². The average molecular weight is 228 g/mol. The third kappa shape index (κ3) is 2.74. The van der Waals surface area contributed by atoms with Gasteiger partial charge in [0.25, 0.3) is 0 Å². The fraction of sp³-hybridized carbons (Fsp3) is 1.00. The van der Waals surface area contributed by atoms with E-state index in [2.05, 4.69) is 17.1 Å². The normalized spacial score (nSPS) is 35.6. The summed E-state index contributed by atoms with van der Waals surface area (Å²) in [6, 6.07) is 1.96. The van der Waals surface area contributed by atoms with Gasteiger partial charge in [0, 0.05) is 24.7 Å². The maximum atomic E-state index is 9.53. The number of likely N-dealkylation sites (N-methyl/N-ethyl adjacent to an activating group) is 1. The molecule has 2 aliphatic rings. The Labute approximate surface area is 97.6 Å². The van der Waals surface area contributed by atoms with E-state index in [0.29, 0.717) is 24.7 Å². The molecule has 2 bridgehead atoms. The lowest BCUT2D eigenvalue weighted by molar-refractivity contribution is 0.0366. The zero-order valence-corrected chi connectivity index (χ0v) is 10.1. The van der Waals surface area contributed by atoms with Gasteiger partial charge in [-0.15, -0.1) is 0 Å². The topological polar surface area (TPSA) is 55.7 Å². The van der Waals surface area contributed by atoms with Crippen LogP contribution >= 0.6 is 0 Å². The van der Waals surface area contributed by atoms with Gasteiger partial charge >= 0.3 is 0 Å². The molecule has 0 aliphatic carbocycles. The Kier molecular flexibility index (Phi) is 4.19. The molecule has 0 aromatic carbocycles. The Morgan fingerprint density at radius 1 is 1.31 bits per heavy atom. The standard InChI is InChI=1S/C12H24N2O2/c1-2-14(7-12(16)8-15)11-5-9-3-4-10(6-11)13-9/h9-13,15-16H,2-8H2,1H3. The maximum absolute atomic E-state index is 9.53. The molecule has 94 valence electrons. The van der Waals surface area contributed by atoms with Crippen molar-refractivity contribution in [2.45, 2.75) is 56.8 Å². The number of hydrogen-bond donors (Lipinski definition) is 3. The zero-order chi connectivity index (χ0) is 11.5. The van der Waals surface area contributed by atoms with Gasteiger partial charge in [-0.3, -0.25) is 4.90 Å². The van der Waals surface area contributed by atoms with Gasteiger partial charge in [0.1, 0.15) is 0 Å². The highest BCUT2D eigenvalue weighted by atomic mass is 16.3. The third-order valence-electron chi connectivity index (χ3n) is 4.03. The number of aliphatic hydroxyl groups is 2. The van der Waals surface area contributed by atoms with Gasteiger partial charge < -0.3 is 15.5 Å². The first-order chi connectivity index (χ1) is 7.72. The van der Waals surface area contributed by atoms with Crippen molar-refractivity contribution in [2.75, 3.05) is 19.7 Å². The summed E-state index contributed by atoms with van der Waals surface area (Å²) in [7, 11) is 0. The molecule has 2 heterocycles. The molecular weight excluding hydrogens is 204 g/mol. The summed E-state index contributed by atoms with van der Waals surface area (Å²) < 4.78 is 0. The first-order valence-corrected chi connectivity index (χ1v) is 6.52. The highest BCUT2D eigenvalue weighted by Crippen LogP contribution is 2.29. The molecule has 2 rings (SSSR count). The Morgan fingerprint density at radius 3 is 2.44 bits per heavy atom. The van der Waals surface area contributed by atoms with Gasteiger partial charge in [0.05, 0.1) is 12.7 Å². The minimum Gasteiger partial charge on any atom is -0.394 e. The summed E-state index contributed by atoms with van der Waals surface area (Å²) in [6.45, 7) is 3.57. The highest BCUT2D eigenvalue weighted by molar-refractivity contribution is 4.95. The Morgan fingerprint density at radius 2 is 1.94 bits per heavy atom. The van der Waals surface area contributed by atoms with E-state index in [4.69, 9.17) is 5.11 Å². The van der Waals surface area contributed by atoms with Gasteiger partial charge in [0.15, 0.2) is 0 Å². The predicted molar refractivity (Wildman–Crippen MR) is 63.3 cm³/mol. The summed E-state index contributed by atoms with van der Waals surface area (Å²) in [4.78, 5) is 2.33. The molecule has 4 heteroatoms. The fourth-order valence-corrected chi connectivity index (χ4v) is 3.19. The lowest BCUT2D eigenvalue weighted by Gasteiger charge is -2.38. The summed E-state index contributed by atoms with van der Waals surface area (Å²) in [5, 5.41) is 22.1. The van der Waals surface area contributed by atoms with Crippen molar-refractivity contribution in [2.24, 2.45) is 0 Å². The van der Waals surface area contributed by atoms with Gasteiger partial charge in [0.2, 0.25) is 0 Å². The summed E-state index contributed by atoms with van der Waals surface area (Å²) in [5.41, 5.74) is 0. The molecule has 0 saturated carbocycles. The lowest BCUT2D eigenvalue weighted by atomic mass is 9.98. The van der Waals surface area contributed by atoms with E-state index in [9.17, 15) is 5.11 Å². The van der Waals surface area contributed by atoms with E-state index in [1.807, 2.05) is 0 Å². The lowest BCUT2D eigenvalue weighted by Crippen LogP contribution is -2.50. The minimum atomic E-state index is -0.590. The van der Waals surface area contributed by atoms with Crippen LogP contribution < -0.4 is 5.32 Å². The van der Waals surface area contributed by atoms with Crippen LogP contribution in [0.4, 0.5) is 0 Å². The van der Waals surface area contributed by atoms with E-state index in [-0.39, 0.29) is 6.61 Å². The molecule has 0 aromatic heterocycles. The number of nitrogens with one attached hydrogen (secondary N) is 1. The molecule has 0 spiro atoms. The molecule has 0 radical (unpaired) electrons. The largest absolute Gasteiger partial charge is 0.394 e. The van der Waals surface area contributed by atoms with Gasteiger partial charge in [-0.1, -0.05) is 6.92 Å². The first-order valence-electron chi connectivity index (χ1n) is 6.52. The SMILES string of the molecule is CCN(CC(O)CO)C1CC2CCC(C1)N2. The molecule has 2 fully saturated rings. The number of piperidine rings is 1. The van der Waals surface area contributed by atoms with Crippen molar-refractivity contribution in [3.05, 3.63) is 0 Å². The Bertz CT molecular complexity index is 213. The predicted octanol–water partition coefficient (Wildman–Crippen LogP) is -0.0555. The van der Waals surface area contributed by atoms with E-state index >= 15 is 0 Å². The maximum Gasteiger partial charge on any atom is 0.0897 e. The summed E-state index contributed by atoms with van der Waals surface area (Å²) >= 11 is 0. The van der Waals surface area contributed by atoms with Crippen LogP contribution in [-0.2, 0) is 0 Å². The molecule has 3 unspecified atom stereocenters. The third-order valence-corrected chi connectivity index (χ3v) is 4.03. The Balaban J connectivity index is 1.88. The average Bonchev–Trinajstić information content (AvgIpc) is 2.64. The number of rotatable bonds is 5. The van der Waals surface area contributed by atoms with Crippen molar-refractivity contribution < 1.29 is 10.2 Å². The van der Waals surface area contributed by atoms with E-state index in [0.717, 1.165) is 6.54 Å². The van der Waals surface area contributed by atoms with Crippen molar-refractivity contribution in [3.8, 4) is 0 Å². The molecule has 3 atom stereocenters. The van der Waals surface area contributed by atoms with Gasteiger partial charge in [-0.05, 0) is 32.2 Å². The molecular formula is C12H24N2O2.